The van der Waals surface area contributed by atoms with Crippen LogP contribution in [0.4, 0.5) is 0 Å². The lowest BCUT2D eigenvalue weighted by molar-refractivity contribution is 0.366. The minimum Gasteiger partial charge on any atom is -0.359 e. The molecular formula is C16H24N4O. The molecule has 5 heteroatoms. The van der Waals surface area contributed by atoms with E-state index in [1.807, 2.05) is 12.4 Å². The zero-order valence-corrected chi connectivity index (χ0v) is 12.9. The summed E-state index contributed by atoms with van der Waals surface area (Å²) in [6, 6.07) is 2.04. The number of hydrogen-bond acceptors (Lipinski definition) is 4. The first kappa shape index (κ1) is 14.3. The van der Waals surface area contributed by atoms with Gasteiger partial charge in [0.2, 0.25) is 0 Å². The Labute approximate surface area is 125 Å². The minimum atomic E-state index is 0.647. The van der Waals surface area contributed by atoms with Crippen molar-refractivity contribution in [2.75, 3.05) is 6.54 Å². The Morgan fingerprint density at radius 3 is 3.05 bits per heavy atom. The van der Waals surface area contributed by atoms with E-state index in [0.717, 1.165) is 43.9 Å². The molecule has 21 heavy (non-hydrogen) atoms. The van der Waals surface area contributed by atoms with Crippen molar-refractivity contribution < 1.29 is 4.52 Å². The SMILES string of the molecule is CC(C)CNCc1cc(Cn2cnc3c2CCCC3)on1. The lowest BCUT2D eigenvalue weighted by Crippen LogP contribution is -2.19. The van der Waals surface area contributed by atoms with Crippen LogP contribution in [0.15, 0.2) is 16.9 Å². The molecule has 0 saturated heterocycles. The van der Waals surface area contributed by atoms with Gasteiger partial charge >= 0.3 is 0 Å². The lowest BCUT2D eigenvalue weighted by atomic mass is 10.0. The molecule has 114 valence electrons. The first-order valence-corrected chi connectivity index (χ1v) is 7.90. The standard InChI is InChI=1S/C16H24N4O/c1-12(2)8-17-9-13-7-14(21-19-13)10-20-11-18-15-5-3-4-6-16(15)20/h7,11-12,17H,3-6,8-10H2,1-2H3. The smallest absolute Gasteiger partial charge is 0.156 e. The molecule has 0 aliphatic heterocycles. The van der Waals surface area contributed by atoms with Gasteiger partial charge in [-0.3, -0.25) is 0 Å². The number of aromatic nitrogens is 3. The minimum absolute atomic E-state index is 0.647. The fraction of sp³-hybridized carbons (Fsp3) is 0.625. The van der Waals surface area contributed by atoms with Crippen LogP contribution in [0.3, 0.4) is 0 Å². The van der Waals surface area contributed by atoms with Gasteiger partial charge in [0.25, 0.3) is 0 Å². The predicted molar refractivity (Wildman–Crippen MR) is 81.0 cm³/mol. The summed E-state index contributed by atoms with van der Waals surface area (Å²) < 4.78 is 7.66. The van der Waals surface area contributed by atoms with E-state index in [-0.39, 0.29) is 0 Å². The fourth-order valence-corrected chi connectivity index (χ4v) is 2.84. The van der Waals surface area contributed by atoms with Gasteiger partial charge in [0.15, 0.2) is 5.76 Å². The van der Waals surface area contributed by atoms with Crippen molar-refractivity contribution in [2.24, 2.45) is 5.92 Å². The molecule has 0 fully saturated rings. The Bertz CT molecular complexity index is 585. The highest BCUT2D eigenvalue weighted by molar-refractivity contribution is 5.18. The van der Waals surface area contributed by atoms with Crippen molar-refractivity contribution in [3.63, 3.8) is 0 Å². The Morgan fingerprint density at radius 2 is 2.19 bits per heavy atom. The summed E-state index contributed by atoms with van der Waals surface area (Å²) in [5, 5.41) is 7.52. The van der Waals surface area contributed by atoms with Crippen molar-refractivity contribution in [1.82, 2.24) is 20.0 Å². The van der Waals surface area contributed by atoms with Crippen molar-refractivity contribution in [3.8, 4) is 0 Å². The topological polar surface area (TPSA) is 55.9 Å². The van der Waals surface area contributed by atoms with Gasteiger partial charge in [-0.15, -0.1) is 0 Å². The molecule has 0 unspecified atom stereocenters. The first-order valence-electron chi connectivity index (χ1n) is 7.90. The highest BCUT2D eigenvalue weighted by atomic mass is 16.5. The molecule has 0 aromatic carbocycles. The van der Waals surface area contributed by atoms with Crippen LogP contribution < -0.4 is 5.32 Å². The molecular weight excluding hydrogens is 264 g/mol. The molecule has 5 nitrogen and oxygen atoms in total. The number of fused-ring (bicyclic) bond motifs is 1. The second-order valence-corrected chi connectivity index (χ2v) is 6.28. The van der Waals surface area contributed by atoms with Crippen molar-refractivity contribution >= 4 is 0 Å². The van der Waals surface area contributed by atoms with E-state index < -0.39 is 0 Å². The zero-order valence-electron chi connectivity index (χ0n) is 12.9. The van der Waals surface area contributed by atoms with Crippen LogP contribution in [0, 0.1) is 5.92 Å². The van der Waals surface area contributed by atoms with E-state index in [2.05, 4.69) is 33.9 Å². The van der Waals surface area contributed by atoms with Gasteiger partial charge < -0.3 is 14.4 Å². The van der Waals surface area contributed by atoms with Crippen LogP contribution >= 0.6 is 0 Å². The molecule has 1 aliphatic carbocycles. The second kappa shape index (κ2) is 6.43. The van der Waals surface area contributed by atoms with Gasteiger partial charge in [-0.2, -0.15) is 0 Å². The third-order valence-electron chi connectivity index (χ3n) is 3.90. The molecule has 0 atom stereocenters. The van der Waals surface area contributed by atoms with Crippen LogP contribution in [0.2, 0.25) is 0 Å². The molecule has 1 N–H and O–H groups in total. The van der Waals surface area contributed by atoms with Crippen molar-refractivity contribution in [3.05, 3.63) is 35.2 Å². The molecule has 0 radical (unpaired) electrons. The summed E-state index contributed by atoms with van der Waals surface area (Å²) >= 11 is 0. The van der Waals surface area contributed by atoms with Gasteiger partial charge in [0, 0.05) is 18.3 Å². The number of imidazole rings is 1. The molecule has 0 saturated carbocycles. The molecule has 0 amide bonds. The summed E-state index contributed by atoms with van der Waals surface area (Å²) in [5.41, 5.74) is 3.61. The predicted octanol–water partition coefficient (Wildman–Crippen LogP) is 2.54. The first-order chi connectivity index (χ1) is 10.2. The Balaban J connectivity index is 1.60. The lowest BCUT2D eigenvalue weighted by Gasteiger charge is -2.12. The number of nitrogens with one attached hydrogen (secondary N) is 1. The van der Waals surface area contributed by atoms with E-state index >= 15 is 0 Å². The normalized spacial score (nSPS) is 14.6. The summed E-state index contributed by atoms with van der Waals surface area (Å²) in [4.78, 5) is 4.52. The Morgan fingerprint density at radius 1 is 1.33 bits per heavy atom. The highest BCUT2D eigenvalue weighted by Crippen LogP contribution is 2.20. The third-order valence-corrected chi connectivity index (χ3v) is 3.90. The molecule has 2 heterocycles. The average Bonchev–Trinajstić information content (AvgIpc) is 3.07. The average molecular weight is 288 g/mol. The van der Waals surface area contributed by atoms with E-state index in [4.69, 9.17) is 4.52 Å². The quantitative estimate of drug-likeness (QED) is 0.887. The summed E-state index contributed by atoms with van der Waals surface area (Å²) in [6.07, 6.45) is 6.71. The number of hydrogen-bond donors (Lipinski definition) is 1. The van der Waals surface area contributed by atoms with Crippen LogP contribution in [0.1, 0.15) is 49.5 Å². The maximum atomic E-state index is 5.45. The fourth-order valence-electron chi connectivity index (χ4n) is 2.84. The highest BCUT2D eigenvalue weighted by Gasteiger charge is 2.16. The van der Waals surface area contributed by atoms with E-state index in [0.29, 0.717) is 5.92 Å². The molecule has 0 spiro atoms. The molecule has 1 aliphatic rings. The Hall–Kier alpha value is -1.62. The second-order valence-electron chi connectivity index (χ2n) is 6.28. The molecule has 3 rings (SSSR count). The van der Waals surface area contributed by atoms with Gasteiger partial charge in [0.05, 0.1) is 24.3 Å². The van der Waals surface area contributed by atoms with Crippen LogP contribution in [-0.2, 0) is 25.9 Å². The summed E-state index contributed by atoms with van der Waals surface area (Å²) in [7, 11) is 0. The van der Waals surface area contributed by atoms with E-state index in [9.17, 15) is 0 Å². The van der Waals surface area contributed by atoms with Crippen molar-refractivity contribution in [1.29, 1.82) is 0 Å². The van der Waals surface area contributed by atoms with Gasteiger partial charge in [-0.1, -0.05) is 19.0 Å². The number of nitrogens with zero attached hydrogens (tertiary/aromatic N) is 3. The van der Waals surface area contributed by atoms with E-state index in [1.165, 1.54) is 24.2 Å². The van der Waals surface area contributed by atoms with Gasteiger partial charge in [-0.05, 0) is 38.1 Å². The number of aryl methyl sites for hydroxylation is 1. The zero-order chi connectivity index (χ0) is 14.7. The van der Waals surface area contributed by atoms with Gasteiger partial charge in [0.1, 0.15) is 0 Å². The third kappa shape index (κ3) is 3.53. The Kier molecular flexibility index (Phi) is 4.39. The maximum absolute atomic E-state index is 5.45. The molecule has 2 aromatic heterocycles. The monoisotopic (exact) mass is 288 g/mol. The maximum Gasteiger partial charge on any atom is 0.156 e. The van der Waals surface area contributed by atoms with Crippen molar-refractivity contribution in [2.45, 2.75) is 52.6 Å². The summed E-state index contributed by atoms with van der Waals surface area (Å²) in [6.45, 7) is 6.90. The van der Waals surface area contributed by atoms with Crippen LogP contribution in [-0.4, -0.2) is 21.3 Å². The largest absolute Gasteiger partial charge is 0.359 e. The van der Waals surface area contributed by atoms with E-state index in [1.54, 1.807) is 0 Å². The molecule has 0 bridgehead atoms. The summed E-state index contributed by atoms with van der Waals surface area (Å²) in [5.74, 6) is 1.55. The molecule has 2 aromatic rings. The van der Waals surface area contributed by atoms with Crippen LogP contribution in [0.5, 0.6) is 0 Å². The van der Waals surface area contributed by atoms with Gasteiger partial charge in [-0.25, -0.2) is 4.98 Å². The number of rotatable bonds is 6. The van der Waals surface area contributed by atoms with Crippen LogP contribution in [0.25, 0.3) is 0 Å².